The molecule has 0 saturated heterocycles. The highest BCUT2D eigenvalue weighted by Gasteiger charge is 2.33. The molecule has 5 nitrogen and oxygen atoms in total. The molecule has 20 heavy (non-hydrogen) atoms. The number of primary amides is 1. The molecule has 0 aliphatic rings. The van der Waals surface area contributed by atoms with E-state index in [-0.39, 0.29) is 24.9 Å². The minimum Gasteiger partial charge on any atom is -0.369 e. The minimum atomic E-state index is -1.14. The maximum Gasteiger partial charge on any atom is 0.244 e. The van der Waals surface area contributed by atoms with E-state index in [1.165, 1.54) is 0 Å². The summed E-state index contributed by atoms with van der Waals surface area (Å²) in [6, 6.07) is 9.08. The van der Waals surface area contributed by atoms with Gasteiger partial charge in [0.15, 0.2) is 0 Å². The molecular formula is C14H22ClN3O2. The number of rotatable bonds is 5. The van der Waals surface area contributed by atoms with E-state index in [2.05, 4.69) is 5.32 Å². The van der Waals surface area contributed by atoms with Crippen molar-refractivity contribution in [3.63, 3.8) is 0 Å². The summed E-state index contributed by atoms with van der Waals surface area (Å²) in [5.41, 5.74) is 10.1. The Kier molecular flexibility index (Phi) is 6.19. The summed E-state index contributed by atoms with van der Waals surface area (Å²) in [5.74, 6) is -0.806. The molecule has 0 bridgehead atoms. The van der Waals surface area contributed by atoms with E-state index in [4.69, 9.17) is 11.5 Å². The van der Waals surface area contributed by atoms with Crippen LogP contribution in [0.2, 0.25) is 0 Å². The molecule has 0 heterocycles. The smallest absolute Gasteiger partial charge is 0.244 e. The van der Waals surface area contributed by atoms with Crippen LogP contribution in [0, 0.1) is 5.41 Å². The van der Waals surface area contributed by atoms with Crippen LogP contribution >= 0.6 is 12.4 Å². The van der Waals surface area contributed by atoms with Gasteiger partial charge in [0.1, 0.15) is 5.54 Å². The first-order valence-corrected chi connectivity index (χ1v) is 6.10. The molecule has 1 aromatic rings. The second-order valence-corrected chi connectivity index (χ2v) is 5.50. The Labute approximate surface area is 125 Å². The number of hydrogen-bond acceptors (Lipinski definition) is 3. The summed E-state index contributed by atoms with van der Waals surface area (Å²) in [6.07, 6.45) is 0. The quantitative estimate of drug-likeness (QED) is 0.753. The molecule has 1 rings (SSSR count). The molecule has 0 aliphatic heterocycles. The summed E-state index contributed by atoms with van der Waals surface area (Å²) >= 11 is 0. The van der Waals surface area contributed by atoms with Crippen molar-refractivity contribution in [2.45, 2.75) is 26.3 Å². The van der Waals surface area contributed by atoms with Gasteiger partial charge in [-0.2, -0.15) is 0 Å². The van der Waals surface area contributed by atoms with Crippen LogP contribution in [-0.2, 0) is 15.1 Å². The van der Waals surface area contributed by atoms with Gasteiger partial charge in [-0.05, 0) is 26.3 Å². The predicted octanol–water partition coefficient (Wildman–Crippen LogP) is 0.910. The Hall–Kier alpha value is -1.59. The molecule has 1 aromatic carbocycles. The van der Waals surface area contributed by atoms with Gasteiger partial charge in [0.05, 0.1) is 5.41 Å². The van der Waals surface area contributed by atoms with Crippen molar-refractivity contribution >= 4 is 24.2 Å². The Balaban J connectivity index is 0.00000361. The molecule has 112 valence electrons. The molecule has 0 aromatic heterocycles. The van der Waals surface area contributed by atoms with Crippen LogP contribution in [0.1, 0.15) is 26.3 Å². The van der Waals surface area contributed by atoms with Gasteiger partial charge in [0.25, 0.3) is 0 Å². The number of hydrogen-bond donors (Lipinski definition) is 3. The van der Waals surface area contributed by atoms with E-state index >= 15 is 0 Å². The van der Waals surface area contributed by atoms with Crippen molar-refractivity contribution in [1.82, 2.24) is 5.32 Å². The summed E-state index contributed by atoms with van der Waals surface area (Å²) in [5, 5.41) is 2.68. The summed E-state index contributed by atoms with van der Waals surface area (Å²) in [4.78, 5) is 23.3. The van der Waals surface area contributed by atoms with Crippen LogP contribution < -0.4 is 16.8 Å². The monoisotopic (exact) mass is 299 g/mol. The van der Waals surface area contributed by atoms with Gasteiger partial charge in [-0.15, -0.1) is 12.4 Å². The van der Waals surface area contributed by atoms with Crippen molar-refractivity contribution in [1.29, 1.82) is 0 Å². The molecule has 1 unspecified atom stereocenters. The molecule has 5 N–H and O–H groups in total. The normalized spacial score (nSPS) is 13.8. The average molecular weight is 300 g/mol. The Morgan fingerprint density at radius 1 is 1.15 bits per heavy atom. The summed E-state index contributed by atoms with van der Waals surface area (Å²) in [6.45, 7) is 5.13. The fourth-order valence-electron chi connectivity index (χ4n) is 1.49. The van der Waals surface area contributed by atoms with Crippen LogP contribution in [0.4, 0.5) is 0 Å². The zero-order chi connectivity index (χ0) is 14.7. The number of benzene rings is 1. The fraction of sp³-hybridized carbons (Fsp3) is 0.429. The highest BCUT2D eigenvalue weighted by Crippen LogP contribution is 2.18. The SMILES string of the molecule is CC(C)(CNC(=O)C(C)(N)c1ccccc1)C(N)=O.Cl. The van der Waals surface area contributed by atoms with E-state index < -0.39 is 16.9 Å². The number of amides is 2. The van der Waals surface area contributed by atoms with E-state index in [0.29, 0.717) is 5.56 Å². The molecular weight excluding hydrogens is 278 g/mol. The third-order valence-corrected chi connectivity index (χ3v) is 3.20. The highest BCUT2D eigenvalue weighted by atomic mass is 35.5. The molecule has 6 heteroatoms. The number of halogens is 1. The molecule has 0 spiro atoms. The highest BCUT2D eigenvalue weighted by molar-refractivity contribution is 5.88. The van der Waals surface area contributed by atoms with E-state index in [1.54, 1.807) is 32.9 Å². The number of carbonyl (C=O) groups is 2. The third kappa shape index (κ3) is 4.21. The van der Waals surface area contributed by atoms with Crippen LogP contribution in [-0.4, -0.2) is 18.4 Å². The van der Waals surface area contributed by atoms with Gasteiger partial charge in [0, 0.05) is 6.54 Å². The zero-order valence-electron chi connectivity index (χ0n) is 12.0. The van der Waals surface area contributed by atoms with Crippen molar-refractivity contribution in [3.05, 3.63) is 35.9 Å². The lowest BCUT2D eigenvalue weighted by atomic mass is 9.90. The molecule has 1 atom stereocenters. The molecule has 0 saturated carbocycles. The molecule has 0 aliphatic carbocycles. The lowest BCUT2D eigenvalue weighted by Crippen LogP contribution is -2.52. The number of carbonyl (C=O) groups excluding carboxylic acids is 2. The first-order chi connectivity index (χ1) is 8.68. The van der Waals surface area contributed by atoms with Crippen molar-refractivity contribution < 1.29 is 9.59 Å². The molecule has 0 fully saturated rings. The van der Waals surface area contributed by atoms with Gasteiger partial charge in [-0.25, -0.2) is 0 Å². The fourth-order valence-corrected chi connectivity index (χ4v) is 1.49. The molecule has 0 radical (unpaired) electrons. The average Bonchev–Trinajstić information content (AvgIpc) is 2.36. The second kappa shape index (κ2) is 6.72. The van der Waals surface area contributed by atoms with Gasteiger partial charge >= 0.3 is 0 Å². The first-order valence-electron chi connectivity index (χ1n) is 6.10. The van der Waals surface area contributed by atoms with Crippen molar-refractivity contribution in [2.24, 2.45) is 16.9 Å². The topological polar surface area (TPSA) is 98.2 Å². The predicted molar refractivity (Wildman–Crippen MR) is 81.2 cm³/mol. The van der Waals surface area contributed by atoms with Crippen molar-refractivity contribution in [2.75, 3.05) is 6.54 Å². The van der Waals surface area contributed by atoms with E-state index in [0.717, 1.165) is 0 Å². The van der Waals surface area contributed by atoms with Crippen LogP contribution in [0.15, 0.2) is 30.3 Å². The van der Waals surface area contributed by atoms with Crippen LogP contribution in [0.3, 0.4) is 0 Å². The standard InChI is InChI=1S/C14H21N3O2.ClH/c1-13(2,11(15)18)9-17-12(19)14(3,16)10-7-5-4-6-8-10;/h4-8H,9,16H2,1-3H3,(H2,15,18)(H,17,19);1H. The number of nitrogens with two attached hydrogens (primary N) is 2. The van der Waals surface area contributed by atoms with Crippen LogP contribution in [0.25, 0.3) is 0 Å². The third-order valence-electron chi connectivity index (χ3n) is 3.20. The lowest BCUT2D eigenvalue weighted by molar-refractivity contribution is -0.129. The van der Waals surface area contributed by atoms with Crippen LogP contribution in [0.5, 0.6) is 0 Å². The Morgan fingerprint density at radius 3 is 2.10 bits per heavy atom. The Bertz CT molecular complexity index is 473. The largest absolute Gasteiger partial charge is 0.369 e. The van der Waals surface area contributed by atoms with Gasteiger partial charge in [-0.1, -0.05) is 30.3 Å². The first kappa shape index (κ1) is 18.4. The van der Waals surface area contributed by atoms with E-state index in [9.17, 15) is 9.59 Å². The maximum atomic E-state index is 12.1. The zero-order valence-corrected chi connectivity index (χ0v) is 12.8. The second-order valence-electron chi connectivity index (χ2n) is 5.50. The lowest BCUT2D eigenvalue weighted by Gasteiger charge is -2.27. The van der Waals surface area contributed by atoms with Gasteiger partial charge < -0.3 is 16.8 Å². The summed E-state index contributed by atoms with van der Waals surface area (Å²) < 4.78 is 0. The summed E-state index contributed by atoms with van der Waals surface area (Å²) in [7, 11) is 0. The van der Waals surface area contributed by atoms with Gasteiger partial charge in [-0.3, -0.25) is 9.59 Å². The van der Waals surface area contributed by atoms with E-state index in [1.807, 2.05) is 18.2 Å². The molecule has 2 amide bonds. The maximum absolute atomic E-state index is 12.1. The minimum absolute atomic E-state index is 0. The number of nitrogens with one attached hydrogen (secondary N) is 1. The van der Waals surface area contributed by atoms with Crippen molar-refractivity contribution in [3.8, 4) is 0 Å². The van der Waals surface area contributed by atoms with Gasteiger partial charge in [0.2, 0.25) is 11.8 Å². The Morgan fingerprint density at radius 2 is 1.65 bits per heavy atom.